The molecule has 3 saturated carbocycles. The van der Waals surface area contributed by atoms with Crippen molar-refractivity contribution in [2.24, 2.45) is 26.9 Å². The maximum Gasteiger partial charge on any atom is 0.407 e. The highest BCUT2D eigenvalue weighted by Gasteiger charge is 2.64. The quantitative estimate of drug-likeness (QED) is 0.394. The van der Waals surface area contributed by atoms with Crippen LogP contribution in [0.5, 0.6) is 0 Å². The van der Waals surface area contributed by atoms with Gasteiger partial charge in [0.05, 0.1) is 18.8 Å². The Labute approximate surface area is 235 Å². The zero-order valence-electron chi connectivity index (χ0n) is 23.1. The number of ether oxygens (including phenoxy) is 1. The van der Waals surface area contributed by atoms with Gasteiger partial charge in [-0.3, -0.25) is 9.79 Å². The van der Waals surface area contributed by atoms with Crippen molar-refractivity contribution in [1.82, 2.24) is 15.5 Å². The van der Waals surface area contributed by atoms with Crippen LogP contribution in [0.25, 0.3) is 11.6 Å². The van der Waals surface area contributed by atoms with Crippen molar-refractivity contribution < 1.29 is 14.3 Å². The summed E-state index contributed by atoms with van der Waals surface area (Å²) in [6.07, 6.45) is 10.7. The van der Waals surface area contributed by atoms with Gasteiger partial charge < -0.3 is 31.7 Å². The molecular weight excluding hydrogens is 506 g/mol. The van der Waals surface area contributed by atoms with Crippen LogP contribution in [-0.4, -0.2) is 66.4 Å². The van der Waals surface area contributed by atoms with Crippen LogP contribution in [-0.2, 0) is 9.53 Å². The van der Waals surface area contributed by atoms with Crippen molar-refractivity contribution in [3.05, 3.63) is 41.1 Å². The molecular formula is C30H39N7O3. The lowest BCUT2D eigenvalue weighted by Crippen LogP contribution is -2.50. The molecule has 3 fully saturated rings. The zero-order chi connectivity index (χ0) is 27.9. The molecule has 2 amide bonds. The summed E-state index contributed by atoms with van der Waals surface area (Å²) in [5.41, 5.74) is 16.4. The highest BCUT2D eigenvalue weighted by Crippen LogP contribution is 2.63. The molecule has 1 atom stereocenters. The van der Waals surface area contributed by atoms with Crippen LogP contribution in [0.2, 0.25) is 0 Å². The number of fused-ring (bicyclic) bond motifs is 1. The van der Waals surface area contributed by atoms with Crippen molar-refractivity contribution in [1.29, 1.82) is 0 Å². The average molecular weight is 546 g/mol. The van der Waals surface area contributed by atoms with Crippen molar-refractivity contribution in [2.75, 3.05) is 19.6 Å². The molecule has 0 aromatic heterocycles. The number of amides is 2. The molecule has 1 aromatic carbocycles. The molecule has 6 N–H and O–H groups in total. The minimum Gasteiger partial charge on any atom is -0.446 e. The Morgan fingerprint density at radius 3 is 2.75 bits per heavy atom. The molecule has 6 rings (SSSR count). The first-order chi connectivity index (χ1) is 19.4. The predicted octanol–water partition coefficient (Wildman–Crippen LogP) is 3.20. The summed E-state index contributed by atoms with van der Waals surface area (Å²) in [4.78, 5) is 37.3. The summed E-state index contributed by atoms with van der Waals surface area (Å²) in [5, 5.41) is 6.16. The third-order valence-corrected chi connectivity index (χ3v) is 8.89. The first-order valence-corrected chi connectivity index (χ1v) is 14.5. The summed E-state index contributed by atoms with van der Waals surface area (Å²) in [6.45, 7) is 3.71. The number of aliphatic imine (C=N–C) groups is 2. The molecule has 2 aliphatic heterocycles. The van der Waals surface area contributed by atoms with Gasteiger partial charge in [-0.2, -0.15) is 0 Å². The molecule has 0 radical (unpaired) electrons. The van der Waals surface area contributed by atoms with Crippen molar-refractivity contribution >= 4 is 41.0 Å². The number of amidine groups is 2. The minimum atomic E-state index is -0.299. The lowest BCUT2D eigenvalue weighted by Gasteiger charge is -2.39. The largest absolute Gasteiger partial charge is 0.446 e. The van der Waals surface area contributed by atoms with Crippen LogP contribution in [0.3, 0.4) is 0 Å². The molecule has 0 saturated heterocycles. The van der Waals surface area contributed by atoms with E-state index in [1.165, 1.54) is 0 Å². The van der Waals surface area contributed by atoms with Crippen LogP contribution < -0.4 is 22.1 Å². The number of hydrogen-bond acceptors (Lipinski definition) is 8. The van der Waals surface area contributed by atoms with Crippen molar-refractivity contribution in [3.63, 3.8) is 0 Å². The van der Waals surface area contributed by atoms with E-state index < -0.39 is 0 Å². The van der Waals surface area contributed by atoms with Crippen LogP contribution in [0.15, 0.2) is 40.0 Å². The van der Waals surface area contributed by atoms with E-state index in [1.807, 2.05) is 35.4 Å². The molecule has 10 nitrogen and oxygen atoms in total. The van der Waals surface area contributed by atoms with E-state index in [0.29, 0.717) is 37.5 Å². The predicted molar refractivity (Wildman–Crippen MR) is 156 cm³/mol. The number of nitrogens with one attached hydrogen (secondary N) is 2. The Bertz CT molecular complexity index is 1320. The number of nitrogens with zero attached hydrogens (tertiary/aromatic N) is 3. The van der Waals surface area contributed by atoms with Crippen molar-refractivity contribution in [2.45, 2.75) is 76.5 Å². The topological polar surface area (TPSA) is 147 Å². The Morgan fingerprint density at radius 2 is 2.08 bits per heavy atom. The fraction of sp³-hybridized carbons (Fsp3) is 0.533. The number of rotatable bonds is 8. The normalized spacial score (nSPS) is 26.9. The second-order valence-corrected chi connectivity index (χ2v) is 11.8. The average Bonchev–Trinajstić information content (AvgIpc) is 3.67. The van der Waals surface area contributed by atoms with Gasteiger partial charge in [0.25, 0.3) is 5.91 Å². The zero-order valence-corrected chi connectivity index (χ0v) is 23.1. The second-order valence-electron chi connectivity index (χ2n) is 11.8. The minimum absolute atomic E-state index is 0.0300. The third kappa shape index (κ3) is 5.24. The maximum absolute atomic E-state index is 13.9. The molecule has 3 aliphatic carbocycles. The van der Waals surface area contributed by atoms with Gasteiger partial charge in [-0.1, -0.05) is 19.1 Å². The van der Waals surface area contributed by atoms with Crippen LogP contribution in [0.1, 0.15) is 69.4 Å². The van der Waals surface area contributed by atoms with Gasteiger partial charge in [0, 0.05) is 42.4 Å². The molecule has 40 heavy (non-hydrogen) atoms. The summed E-state index contributed by atoms with van der Waals surface area (Å²) in [5.74, 6) is 1.22. The maximum atomic E-state index is 13.9. The Kier molecular flexibility index (Phi) is 7.12. The summed E-state index contributed by atoms with van der Waals surface area (Å²) in [6, 6.07) is 6.34. The van der Waals surface area contributed by atoms with E-state index in [9.17, 15) is 9.59 Å². The van der Waals surface area contributed by atoms with E-state index in [0.717, 1.165) is 73.2 Å². The molecule has 1 aromatic rings. The van der Waals surface area contributed by atoms with Gasteiger partial charge in [0.1, 0.15) is 17.8 Å². The van der Waals surface area contributed by atoms with Gasteiger partial charge in [-0.25, -0.2) is 9.79 Å². The fourth-order valence-corrected chi connectivity index (χ4v) is 6.36. The second kappa shape index (κ2) is 10.7. The fourth-order valence-electron chi connectivity index (χ4n) is 6.36. The number of alkyl carbamates (subject to hydrolysis) is 1. The molecule has 2 heterocycles. The molecule has 5 aliphatic rings. The van der Waals surface area contributed by atoms with Crippen LogP contribution >= 0.6 is 0 Å². The van der Waals surface area contributed by atoms with Crippen LogP contribution in [0.4, 0.5) is 10.5 Å². The standard InChI is InChI=1S/C30H39N7O3/c1-2-8-37(25-14-30(25)12-22(13-30)35-29(39)40-23-4-3-5-23)28(38)20-9-19-7-6-18(10-24(19)36-26(32)11-20)21-16-33-27(15-31)34-17-21/h6-7,9-10,16,22-23,25H,2-5,8,11-15,17,31H2,1H3,(H2,32,36)(H,33,34)(H,35,39). The summed E-state index contributed by atoms with van der Waals surface area (Å²) in [7, 11) is 0. The van der Waals surface area contributed by atoms with E-state index in [1.54, 1.807) is 0 Å². The first-order valence-electron chi connectivity index (χ1n) is 14.5. The van der Waals surface area contributed by atoms with Gasteiger partial charge in [-0.15, -0.1) is 0 Å². The molecule has 1 unspecified atom stereocenters. The van der Waals surface area contributed by atoms with Crippen molar-refractivity contribution in [3.8, 4) is 0 Å². The smallest absolute Gasteiger partial charge is 0.407 e. The number of benzene rings is 1. The Hall–Kier alpha value is -3.66. The van der Waals surface area contributed by atoms with Gasteiger partial charge in [-0.05, 0) is 73.6 Å². The number of carbonyl (C=O) groups excluding carboxylic acids is 2. The van der Waals surface area contributed by atoms with Gasteiger partial charge in [0.15, 0.2) is 0 Å². The van der Waals surface area contributed by atoms with Gasteiger partial charge >= 0.3 is 6.09 Å². The lowest BCUT2D eigenvalue weighted by molar-refractivity contribution is -0.128. The Morgan fingerprint density at radius 1 is 1.25 bits per heavy atom. The van der Waals surface area contributed by atoms with E-state index in [-0.39, 0.29) is 35.6 Å². The molecule has 0 bridgehead atoms. The number of hydrogen-bond donors (Lipinski definition) is 4. The highest BCUT2D eigenvalue weighted by atomic mass is 16.6. The van der Waals surface area contributed by atoms with Crippen LogP contribution in [0, 0.1) is 5.41 Å². The third-order valence-electron chi connectivity index (χ3n) is 8.89. The summed E-state index contributed by atoms with van der Waals surface area (Å²) >= 11 is 0. The number of carbonyl (C=O) groups is 2. The van der Waals surface area contributed by atoms with E-state index in [4.69, 9.17) is 16.2 Å². The molecule has 10 heteroatoms. The van der Waals surface area contributed by atoms with E-state index in [2.05, 4.69) is 27.5 Å². The monoisotopic (exact) mass is 545 g/mol. The van der Waals surface area contributed by atoms with E-state index >= 15 is 0 Å². The lowest BCUT2D eigenvalue weighted by atomic mass is 9.76. The molecule has 212 valence electrons. The SMILES string of the molecule is CCCN(C(=O)C1=Cc2ccc(C3=CNC(CN)=NC3)cc2N=C(N)C1)C1CC12CC(NC(=O)OC1CCC1)C2. The number of nitrogens with two attached hydrogens (primary N) is 2. The van der Waals surface area contributed by atoms with Gasteiger partial charge in [0.2, 0.25) is 0 Å². The highest BCUT2D eigenvalue weighted by molar-refractivity contribution is 6.06. The Balaban J connectivity index is 1.13. The summed E-state index contributed by atoms with van der Waals surface area (Å²) < 4.78 is 5.45. The first kappa shape index (κ1) is 26.6. The molecule has 1 spiro atoms.